The molecular formula is C22H18FN5O2S. The van der Waals surface area contributed by atoms with Crippen LogP contribution in [-0.4, -0.2) is 25.1 Å². The number of fused-ring (bicyclic) bond motifs is 2. The number of allylic oxidation sites excluding steroid dienone is 5. The number of ether oxygens (including phenoxy) is 1. The lowest BCUT2D eigenvalue weighted by atomic mass is 9.98. The molecule has 0 saturated heterocycles. The Kier molecular flexibility index (Phi) is 4.48. The molecule has 0 atom stereocenters. The molecule has 9 heteroatoms. The smallest absolute Gasteiger partial charge is 0.299 e. The highest BCUT2D eigenvalue weighted by atomic mass is 32.1. The van der Waals surface area contributed by atoms with Crippen molar-refractivity contribution >= 4 is 11.3 Å². The predicted octanol–water partition coefficient (Wildman–Crippen LogP) is 4.69. The third-order valence-electron chi connectivity index (χ3n) is 5.16. The van der Waals surface area contributed by atoms with Crippen molar-refractivity contribution in [3.8, 4) is 27.2 Å². The molecule has 4 heterocycles. The number of phenols is 1. The van der Waals surface area contributed by atoms with Gasteiger partial charge in [0.2, 0.25) is 0 Å². The zero-order valence-electron chi connectivity index (χ0n) is 17.0. The Labute approximate surface area is 181 Å². The molecule has 0 aliphatic carbocycles. The Hall–Kier alpha value is -3.72. The number of aromatic hydroxyl groups is 1. The molecule has 2 aromatic heterocycles. The van der Waals surface area contributed by atoms with Gasteiger partial charge in [-0.25, -0.2) is 9.07 Å². The summed E-state index contributed by atoms with van der Waals surface area (Å²) in [5.74, 6) is -0.379. The van der Waals surface area contributed by atoms with Crippen molar-refractivity contribution in [1.29, 1.82) is 0 Å². The van der Waals surface area contributed by atoms with Crippen LogP contribution in [0.2, 0.25) is 0 Å². The van der Waals surface area contributed by atoms with Crippen LogP contribution in [0.4, 0.5) is 4.39 Å². The van der Waals surface area contributed by atoms with Crippen LogP contribution in [-0.2, 0) is 0 Å². The Balaban J connectivity index is 1.41. The van der Waals surface area contributed by atoms with E-state index in [0.717, 1.165) is 39.6 Å². The molecule has 3 aromatic rings. The molecule has 0 radical (unpaired) electrons. The van der Waals surface area contributed by atoms with Crippen LogP contribution in [0.1, 0.15) is 19.5 Å². The van der Waals surface area contributed by atoms with Crippen molar-refractivity contribution in [2.45, 2.75) is 20.8 Å². The summed E-state index contributed by atoms with van der Waals surface area (Å²) < 4.78 is 22.1. The molecule has 31 heavy (non-hydrogen) atoms. The van der Waals surface area contributed by atoms with Crippen molar-refractivity contribution < 1.29 is 14.2 Å². The fourth-order valence-corrected chi connectivity index (χ4v) is 4.08. The topological polar surface area (TPSA) is 85.1 Å². The Morgan fingerprint density at radius 1 is 1.10 bits per heavy atom. The number of nitrogens with zero attached hydrogens (tertiary/aromatic N) is 4. The molecule has 0 saturated carbocycles. The van der Waals surface area contributed by atoms with Crippen LogP contribution < -0.4 is 10.1 Å². The highest BCUT2D eigenvalue weighted by Crippen LogP contribution is 2.37. The summed E-state index contributed by atoms with van der Waals surface area (Å²) in [6, 6.07) is 7.05. The molecule has 0 unspecified atom stereocenters. The van der Waals surface area contributed by atoms with Gasteiger partial charge in [-0.1, -0.05) is 16.4 Å². The van der Waals surface area contributed by atoms with Crippen molar-refractivity contribution in [2.75, 3.05) is 0 Å². The van der Waals surface area contributed by atoms with Gasteiger partial charge in [0.05, 0.1) is 22.6 Å². The predicted molar refractivity (Wildman–Crippen MR) is 115 cm³/mol. The van der Waals surface area contributed by atoms with Crippen molar-refractivity contribution in [1.82, 2.24) is 25.3 Å². The maximum Gasteiger partial charge on any atom is 0.299 e. The van der Waals surface area contributed by atoms with Crippen LogP contribution in [0.25, 0.3) is 16.3 Å². The molecule has 5 rings (SSSR count). The maximum absolute atomic E-state index is 14.8. The zero-order valence-corrected chi connectivity index (χ0v) is 17.8. The summed E-state index contributed by atoms with van der Waals surface area (Å²) in [6.45, 7) is 5.79. The summed E-state index contributed by atoms with van der Waals surface area (Å²) >= 11 is 1.12. The van der Waals surface area contributed by atoms with E-state index in [9.17, 15) is 9.50 Å². The monoisotopic (exact) mass is 435 g/mol. The highest BCUT2D eigenvalue weighted by Gasteiger charge is 2.25. The first-order chi connectivity index (χ1) is 14.9. The lowest BCUT2D eigenvalue weighted by molar-refractivity contribution is 0.389. The van der Waals surface area contributed by atoms with Gasteiger partial charge in [0.25, 0.3) is 5.19 Å². The second-order valence-corrected chi connectivity index (χ2v) is 8.25. The normalized spacial score (nSPS) is 15.6. The van der Waals surface area contributed by atoms with Crippen LogP contribution in [0.5, 0.6) is 10.9 Å². The first-order valence-corrected chi connectivity index (χ1v) is 10.4. The highest BCUT2D eigenvalue weighted by molar-refractivity contribution is 7.16. The average molecular weight is 435 g/mol. The maximum atomic E-state index is 14.8. The largest absolute Gasteiger partial charge is 0.507 e. The fraction of sp³-hybridized carbons (Fsp3) is 0.136. The molecule has 2 bridgehead atoms. The zero-order chi connectivity index (χ0) is 21.7. The van der Waals surface area contributed by atoms with Crippen LogP contribution >= 0.6 is 11.3 Å². The minimum absolute atomic E-state index is 0.0404. The molecule has 0 fully saturated rings. The van der Waals surface area contributed by atoms with E-state index < -0.39 is 5.83 Å². The second-order valence-electron chi connectivity index (χ2n) is 7.31. The SMILES string of the molecule is CC1=CC2=C(F)C(Oc3nnc(-c4ccc(-n5ccc(C)n5)cc4O)s3)=CC(=C1C)N2. The van der Waals surface area contributed by atoms with Gasteiger partial charge in [-0.3, -0.25) is 0 Å². The summed E-state index contributed by atoms with van der Waals surface area (Å²) in [5.41, 5.74) is 5.28. The summed E-state index contributed by atoms with van der Waals surface area (Å²) in [5, 5.41) is 26.6. The number of hydrogen-bond acceptors (Lipinski definition) is 7. The lowest BCUT2D eigenvalue weighted by Gasteiger charge is -2.24. The lowest BCUT2D eigenvalue weighted by Crippen LogP contribution is -2.23. The van der Waals surface area contributed by atoms with Gasteiger partial charge in [0.1, 0.15) is 5.75 Å². The number of aryl methyl sites for hydroxylation is 1. The van der Waals surface area contributed by atoms with Gasteiger partial charge in [-0.2, -0.15) is 5.10 Å². The third-order valence-corrected chi connectivity index (χ3v) is 5.99. The first kappa shape index (κ1) is 19.3. The Morgan fingerprint density at radius 3 is 2.68 bits per heavy atom. The van der Waals surface area contributed by atoms with E-state index in [4.69, 9.17) is 4.74 Å². The van der Waals surface area contributed by atoms with Gasteiger partial charge < -0.3 is 15.2 Å². The number of nitrogens with one attached hydrogen (secondary N) is 1. The Bertz CT molecular complexity index is 1350. The van der Waals surface area contributed by atoms with Gasteiger partial charge in [0.15, 0.2) is 16.6 Å². The van der Waals surface area contributed by atoms with E-state index in [-0.39, 0.29) is 16.7 Å². The number of benzene rings is 1. The summed E-state index contributed by atoms with van der Waals surface area (Å²) in [6.07, 6.45) is 5.18. The second kappa shape index (κ2) is 7.21. The number of phenolic OH excluding ortho intramolecular Hbond substituents is 1. The van der Waals surface area contributed by atoms with E-state index in [0.29, 0.717) is 16.3 Å². The van der Waals surface area contributed by atoms with E-state index in [1.165, 1.54) is 0 Å². The summed E-state index contributed by atoms with van der Waals surface area (Å²) in [4.78, 5) is 0. The molecule has 7 nitrogen and oxygen atoms in total. The Morgan fingerprint density at radius 2 is 1.94 bits per heavy atom. The van der Waals surface area contributed by atoms with Gasteiger partial charge >= 0.3 is 0 Å². The molecular weight excluding hydrogens is 417 g/mol. The molecule has 0 spiro atoms. The third kappa shape index (κ3) is 3.42. The molecule has 0 amide bonds. The van der Waals surface area contributed by atoms with E-state index in [1.54, 1.807) is 29.0 Å². The van der Waals surface area contributed by atoms with Gasteiger partial charge in [-0.05, 0) is 56.2 Å². The van der Waals surface area contributed by atoms with E-state index in [2.05, 4.69) is 20.6 Å². The number of dihydropyridines is 1. The standard InChI is InChI=1S/C22H18FN5O2S/c1-11-8-17-20(23)19(10-16(24-17)13(11)3)30-22-26-25-21(31-22)15-5-4-14(9-18(15)29)28-7-6-12(2)27-28/h4-10,24,29H,1-3H3. The van der Waals surface area contributed by atoms with E-state index in [1.807, 2.05) is 39.1 Å². The molecule has 1 aromatic carbocycles. The average Bonchev–Trinajstić information content (AvgIpc) is 3.38. The van der Waals surface area contributed by atoms with E-state index >= 15 is 0 Å². The molecule has 156 valence electrons. The van der Waals surface area contributed by atoms with Crippen LogP contribution in [0, 0.1) is 6.92 Å². The molecule has 2 aliphatic heterocycles. The quantitative estimate of drug-likeness (QED) is 0.619. The van der Waals surface area contributed by atoms with Crippen LogP contribution in [0.3, 0.4) is 0 Å². The number of aromatic nitrogens is 4. The first-order valence-electron chi connectivity index (χ1n) is 9.55. The number of halogens is 1. The minimum Gasteiger partial charge on any atom is -0.507 e. The fourth-order valence-electron chi connectivity index (χ4n) is 3.33. The van der Waals surface area contributed by atoms with Crippen molar-refractivity contribution in [2.24, 2.45) is 0 Å². The molecule has 2 N–H and O–H groups in total. The number of hydrogen-bond donors (Lipinski definition) is 2. The van der Waals surface area contributed by atoms with Gasteiger partial charge in [0, 0.05) is 24.0 Å². The molecule has 2 aliphatic rings. The van der Waals surface area contributed by atoms with Crippen molar-refractivity contribution in [3.05, 3.63) is 82.4 Å². The van der Waals surface area contributed by atoms with Crippen LogP contribution in [0.15, 0.2) is 76.7 Å². The minimum atomic E-state index is -0.492. The van der Waals surface area contributed by atoms with Crippen molar-refractivity contribution in [3.63, 3.8) is 0 Å². The van der Waals surface area contributed by atoms with Gasteiger partial charge in [-0.15, -0.1) is 5.10 Å². The summed E-state index contributed by atoms with van der Waals surface area (Å²) in [7, 11) is 0. The number of rotatable bonds is 4.